The fourth-order valence-corrected chi connectivity index (χ4v) is 2.41. The summed E-state index contributed by atoms with van der Waals surface area (Å²) in [4.78, 5) is 4.16. The van der Waals surface area contributed by atoms with E-state index in [9.17, 15) is 0 Å². The topological polar surface area (TPSA) is 48.1 Å². The van der Waals surface area contributed by atoms with Crippen LogP contribution in [0.5, 0.6) is 5.75 Å². The largest absolute Gasteiger partial charge is 0.483 e. The quantitative estimate of drug-likeness (QED) is 0.922. The normalized spacial score (nSPS) is 12.4. The standard InChI is InChI=1S/C11H10Cl2N2OS/c1-6(9-5-17-11(14)15-9)16-10-3-2-7(12)4-8(10)13/h2-6H,1H3,(H2,14,15). The van der Waals surface area contributed by atoms with Crippen LogP contribution in [-0.2, 0) is 0 Å². The second-order valence-corrected chi connectivity index (χ2v) is 5.18. The van der Waals surface area contributed by atoms with Gasteiger partial charge in [0, 0.05) is 10.4 Å². The average molecular weight is 289 g/mol. The molecule has 0 aliphatic heterocycles. The molecule has 2 N–H and O–H groups in total. The Hall–Kier alpha value is -0.970. The van der Waals surface area contributed by atoms with Crippen LogP contribution in [0.2, 0.25) is 10.0 Å². The molecule has 1 aromatic carbocycles. The highest BCUT2D eigenvalue weighted by Gasteiger charge is 2.12. The van der Waals surface area contributed by atoms with Crippen molar-refractivity contribution >= 4 is 39.7 Å². The minimum absolute atomic E-state index is 0.206. The summed E-state index contributed by atoms with van der Waals surface area (Å²) in [5, 5.41) is 3.45. The third kappa shape index (κ3) is 3.03. The highest BCUT2D eigenvalue weighted by molar-refractivity contribution is 7.13. The maximum absolute atomic E-state index is 6.01. The highest BCUT2D eigenvalue weighted by Crippen LogP contribution is 2.31. The maximum atomic E-state index is 6.01. The number of nitrogens with two attached hydrogens (primary N) is 1. The highest BCUT2D eigenvalue weighted by atomic mass is 35.5. The molecule has 1 unspecified atom stereocenters. The van der Waals surface area contributed by atoms with E-state index in [1.165, 1.54) is 11.3 Å². The van der Waals surface area contributed by atoms with Crippen molar-refractivity contribution in [3.63, 3.8) is 0 Å². The molecule has 0 amide bonds. The van der Waals surface area contributed by atoms with Crippen molar-refractivity contribution in [1.29, 1.82) is 0 Å². The van der Waals surface area contributed by atoms with Gasteiger partial charge in [0.2, 0.25) is 0 Å². The molecule has 0 aliphatic rings. The molecule has 0 fully saturated rings. The van der Waals surface area contributed by atoms with E-state index in [-0.39, 0.29) is 6.10 Å². The monoisotopic (exact) mass is 288 g/mol. The summed E-state index contributed by atoms with van der Waals surface area (Å²) in [6.07, 6.45) is -0.206. The predicted octanol–water partition coefficient (Wildman–Crippen LogP) is 4.17. The third-order valence-corrected chi connectivity index (χ3v) is 3.38. The molecule has 1 aromatic heterocycles. The first-order chi connectivity index (χ1) is 8.06. The smallest absolute Gasteiger partial charge is 0.180 e. The zero-order valence-corrected chi connectivity index (χ0v) is 11.3. The van der Waals surface area contributed by atoms with E-state index in [1.807, 2.05) is 12.3 Å². The van der Waals surface area contributed by atoms with Gasteiger partial charge in [-0.3, -0.25) is 0 Å². The van der Waals surface area contributed by atoms with E-state index in [4.69, 9.17) is 33.7 Å². The van der Waals surface area contributed by atoms with Crippen molar-refractivity contribution in [2.24, 2.45) is 0 Å². The average Bonchev–Trinajstić information content (AvgIpc) is 2.69. The fraction of sp³-hybridized carbons (Fsp3) is 0.182. The van der Waals surface area contributed by atoms with E-state index >= 15 is 0 Å². The number of aromatic nitrogens is 1. The Labute approximate surface area is 113 Å². The van der Waals surface area contributed by atoms with Gasteiger partial charge in [-0.2, -0.15) is 0 Å². The molecule has 0 spiro atoms. The minimum atomic E-state index is -0.206. The molecule has 3 nitrogen and oxygen atoms in total. The molecule has 0 radical (unpaired) electrons. The molecule has 1 heterocycles. The number of thiazole rings is 1. The van der Waals surface area contributed by atoms with E-state index in [0.717, 1.165) is 5.69 Å². The van der Waals surface area contributed by atoms with Gasteiger partial charge in [-0.25, -0.2) is 4.98 Å². The van der Waals surface area contributed by atoms with Crippen LogP contribution < -0.4 is 10.5 Å². The predicted molar refractivity (Wildman–Crippen MR) is 72.0 cm³/mol. The first-order valence-corrected chi connectivity index (χ1v) is 6.52. The van der Waals surface area contributed by atoms with Gasteiger partial charge in [0.05, 0.1) is 10.7 Å². The number of hydrogen-bond donors (Lipinski definition) is 1. The Bertz CT molecular complexity index is 530. The number of nitrogens with zero attached hydrogens (tertiary/aromatic N) is 1. The molecule has 6 heteroatoms. The van der Waals surface area contributed by atoms with E-state index in [1.54, 1.807) is 18.2 Å². The lowest BCUT2D eigenvalue weighted by atomic mass is 10.3. The van der Waals surface area contributed by atoms with Gasteiger partial charge in [-0.1, -0.05) is 23.2 Å². The van der Waals surface area contributed by atoms with Crippen molar-refractivity contribution in [2.75, 3.05) is 5.73 Å². The lowest BCUT2D eigenvalue weighted by molar-refractivity contribution is 0.223. The number of ether oxygens (including phenoxy) is 1. The van der Waals surface area contributed by atoms with Crippen molar-refractivity contribution in [2.45, 2.75) is 13.0 Å². The molecule has 2 aromatic rings. The SMILES string of the molecule is CC(Oc1ccc(Cl)cc1Cl)c1csc(N)n1. The number of anilines is 1. The number of benzene rings is 1. The first-order valence-electron chi connectivity index (χ1n) is 4.89. The van der Waals surface area contributed by atoms with Gasteiger partial charge >= 0.3 is 0 Å². The summed E-state index contributed by atoms with van der Waals surface area (Å²) in [6, 6.07) is 5.10. The lowest BCUT2D eigenvalue weighted by Crippen LogP contribution is -2.04. The fourth-order valence-electron chi connectivity index (χ4n) is 1.31. The Morgan fingerprint density at radius 2 is 2.18 bits per heavy atom. The summed E-state index contributed by atoms with van der Waals surface area (Å²) >= 11 is 13.2. The van der Waals surface area contributed by atoms with Crippen LogP contribution in [0.25, 0.3) is 0 Å². The van der Waals surface area contributed by atoms with Crippen molar-refractivity contribution < 1.29 is 4.74 Å². The molecule has 2 rings (SSSR count). The van der Waals surface area contributed by atoms with E-state index in [0.29, 0.717) is 20.9 Å². The Morgan fingerprint density at radius 1 is 1.41 bits per heavy atom. The van der Waals surface area contributed by atoms with Crippen LogP contribution in [0.3, 0.4) is 0 Å². The van der Waals surface area contributed by atoms with Crippen molar-refractivity contribution in [3.05, 3.63) is 39.3 Å². The van der Waals surface area contributed by atoms with Crippen molar-refractivity contribution in [1.82, 2.24) is 4.98 Å². The summed E-state index contributed by atoms with van der Waals surface area (Å²) in [7, 11) is 0. The van der Waals surface area contributed by atoms with Gasteiger partial charge in [-0.05, 0) is 25.1 Å². The van der Waals surface area contributed by atoms with Gasteiger partial charge in [0.25, 0.3) is 0 Å². The Kier molecular flexibility index (Phi) is 3.76. The lowest BCUT2D eigenvalue weighted by Gasteiger charge is -2.13. The van der Waals surface area contributed by atoms with Crippen LogP contribution in [0.1, 0.15) is 18.7 Å². The maximum Gasteiger partial charge on any atom is 0.180 e. The summed E-state index contributed by atoms with van der Waals surface area (Å²) in [5.74, 6) is 0.579. The first kappa shape index (κ1) is 12.5. The second-order valence-electron chi connectivity index (χ2n) is 3.45. The molecule has 0 saturated carbocycles. The molecular weight excluding hydrogens is 279 g/mol. The van der Waals surface area contributed by atoms with E-state index < -0.39 is 0 Å². The van der Waals surface area contributed by atoms with Crippen molar-refractivity contribution in [3.8, 4) is 5.75 Å². The van der Waals surface area contributed by atoms with Crippen LogP contribution in [0.4, 0.5) is 5.13 Å². The number of halogens is 2. The van der Waals surface area contributed by atoms with Crippen LogP contribution in [0.15, 0.2) is 23.6 Å². The molecule has 17 heavy (non-hydrogen) atoms. The minimum Gasteiger partial charge on any atom is -0.483 e. The second kappa shape index (κ2) is 5.12. The molecule has 0 bridgehead atoms. The Balaban J connectivity index is 2.15. The van der Waals surface area contributed by atoms with Gasteiger partial charge in [0.15, 0.2) is 5.13 Å². The van der Waals surface area contributed by atoms with Crippen LogP contribution >= 0.6 is 34.5 Å². The zero-order valence-electron chi connectivity index (χ0n) is 8.98. The van der Waals surface area contributed by atoms with E-state index in [2.05, 4.69) is 4.98 Å². The molecule has 0 saturated heterocycles. The van der Waals surface area contributed by atoms with Gasteiger partial charge in [-0.15, -0.1) is 11.3 Å². The molecule has 1 atom stereocenters. The summed E-state index contributed by atoms with van der Waals surface area (Å²) in [5.41, 5.74) is 6.36. The Morgan fingerprint density at radius 3 is 2.76 bits per heavy atom. The third-order valence-electron chi connectivity index (χ3n) is 2.15. The summed E-state index contributed by atoms with van der Waals surface area (Å²) in [6.45, 7) is 1.89. The number of rotatable bonds is 3. The zero-order chi connectivity index (χ0) is 12.4. The van der Waals surface area contributed by atoms with Crippen LogP contribution in [0, 0.1) is 0 Å². The van der Waals surface area contributed by atoms with Gasteiger partial charge in [0.1, 0.15) is 11.9 Å². The number of hydrogen-bond acceptors (Lipinski definition) is 4. The number of nitrogen functional groups attached to an aromatic ring is 1. The van der Waals surface area contributed by atoms with Crippen LogP contribution in [-0.4, -0.2) is 4.98 Å². The van der Waals surface area contributed by atoms with Gasteiger partial charge < -0.3 is 10.5 Å². The summed E-state index contributed by atoms with van der Waals surface area (Å²) < 4.78 is 5.70. The molecule has 0 aliphatic carbocycles. The molecule has 90 valence electrons. The molecular formula is C11H10Cl2N2OS.